The number of halogens is 2. The van der Waals surface area contributed by atoms with Crippen LogP contribution in [0.4, 0.5) is 0 Å². The lowest BCUT2D eigenvalue weighted by molar-refractivity contribution is -0.696. The fourth-order valence-corrected chi connectivity index (χ4v) is 3.63. The number of hydrogen-bond donors (Lipinski definition) is 2. The Bertz CT molecular complexity index is 755. The Labute approximate surface area is 194 Å². The van der Waals surface area contributed by atoms with Gasteiger partial charge in [0.05, 0.1) is 13.1 Å². The van der Waals surface area contributed by atoms with Gasteiger partial charge in [0.1, 0.15) is 12.4 Å². The summed E-state index contributed by atoms with van der Waals surface area (Å²) in [7, 11) is 0. The van der Waals surface area contributed by atoms with Crippen molar-refractivity contribution in [3.8, 4) is 22.5 Å². The minimum atomic E-state index is 0. The first-order valence-corrected chi connectivity index (χ1v) is 11.1. The van der Waals surface area contributed by atoms with Crippen molar-refractivity contribution in [1.29, 1.82) is 0 Å². The van der Waals surface area contributed by atoms with Crippen molar-refractivity contribution in [2.45, 2.75) is 78.3 Å². The van der Waals surface area contributed by atoms with Crippen LogP contribution in [0.1, 0.15) is 65.2 Å². The zero-order valence-corrected chi connectivity index (χ0v) is 19.9. The third-order valence-electron chi connectivity index (χ3n) is 5.41. The van der Waals surface area contributed by atoms with Gasteiger partial charge in [0.15, 0.2) is 11.4 Å². The van der Waals surface area contributed by atoms with Gasteiger partial charge < -0.3 is 24.8 Å². The van der Waals surface area contributed by atoms with E-state index in [9.17, 15) is 0 Å². The van der Waals surface area contributed by atoms with Crippen LogP contribution < -0.4 is 33.9 Å². The number of rotatable bonds is 12. The molecule has 2 heterocycles. The SMILES string of the molecule is CCCCCC[n+]1c[nH]c(-c2ccc(-c3c[n+](CCCCCC)c[nH]3)cc2)c1.[Cl-].[Cl-]. The van der Waals surface area contributed by atoms with Gasteiger partial charge in [-0.1, -0.05) is 39.5 Å². The summed E-state index contributed by atoms with van der Waals surface area (Å²) in [6, 6.07) is 8.81. The fourth-order valence-electron chi connectivity index (χ4n) is 3.63. The van der Waals surface area contributed by atoms with Crippen molar-refractivity contribution < 1.29 is 33.9 Å². The fraction of sp³-hybridized carbons (Fsp3) is 0.500. The quantitative estimate of drug-likeness (QED) is 0.273. The molecule has 1 aromatic carbocycles. The Kier molecular flexibility index (Phi) is 12.5. The highest BCUT2D eigenvalue weighted by Crippen LogP contribution is 2.21. The van der Waals surface area contributed by atoms with Crippen LogP contribution in [0.3, 0.4) is 0 Å². The predicted molar refractivity (Wildman–Crippen MR) is 115 cm³/mol. The molecule has 2 N–H and O–H groups in total. The zero-order valence-electron chi connectivity index (χ0n) is 18.3. The first kappa shape index (κ1) is 26.3. The molecule has 0 saturated carbocycles. The van der Waals surface area contributed by atoms with E-state index in [4.69, 9.17) is 0 Å². The second-order valence-corrected chi connectivity index (χ2v) is 7.81. The third-order valence-corrected chi connectivity index (χ3v) is 5.41. The van der Waals surface area contributed by atoms with Crippen LogP contribution in [0.15, 0.2) is 49.3 Å². The number of aryl methyl sites for hydroxylation is 2. The standard InChI is InChI=1S/C24H34N4.2ClH/c1-3-5-7-9-15-27-17-23(25-19-27)21-11-13-22(14-12-21)24-18-28(20-26-24)16-10-8-6-4-2;;/h11-14,17-20H,3-10,15-16H2,1-2H3;2*1H. The lowest BCUT2D eigenvalue weighted by atomic mass is 10.1. The van der Waals surface area contributed by atoms with E-state index in [1.807, 2.05) is 0 Å². The molecule has 0 atom stereocenters. The first-order chi connectivity index (χ1) is 13.8. The maximum absolute atomic E-state index is 3.41. The average Bonchev–Trinajstić information content (AvgIpc) is 3.39. The van der Waals surface area contributed by atoms with E-state index in [0.717, 1.165) is 13.1 Å². The number of aromatic nitrogens is 4. The highest BCUT2D eigenvalue weighted by molar-refractivity contribution is 5.65. The van der Waals surface area contributed by atoms with Gasteiger partial charge in [-0.25, -0.2) is 19.1 Å². The minimum Gasteiger partial charge on any atom is -1.00 e. The van der Waals surface area contributed by atoms with Crippen molar-refractivity contribution in [3.63, 3.8) is 0 Å². The Balaban J connectivity index is 0.00000225. The van der Waals surface area contributed by atoms with E-state index >= 15 is 0 Å². The molecule has 166 valence electrons. The van der Waals surface area contributed by atoms with Gasteiger partial charge in [0, 0.05) is 11.1 Å². The lowest BCUT2D eigenvalue weighted by Crippen LogP contribution is -3.00. The molecule has 0 fully saturated rings. The normalized spacial score (nSPS) is 10.5. The van der Waals surface area contributed by atoms with E-state index in [0.29, 0.717) is 0 Å². The topological polar surface area (TPSA) is 39.3 Å². The molecule has 0 amide bonds. The molecule has 0 aliphatic rings. The minimum absolute atomic E-state index is 0. The van der Waals surface area contributed by atoms with Crippen molar-refractivity contribution >= 4 is 0 Å². The molecular formula is C24H36Cl2N4. The second kappa shape index (κ2) is 14.3. The van der Waals surface area contributed by atoms with Crippen LogP contribution in [-0.4, -0.2) is 9.97 Å². The largest absolute Gasteiger partial charge is 1.00 e. The molecule has 0 unspecified atom stereocenters. The number of unbranched alkanes of at least 4 members (excludes halogenated alkanes) is 6. The summed E-state index contributed by atoms with van der Waals surface area (Å²) in [4.78, 5) is 6.82. The van der Waals surface area contributed by atoms with Crippen LogP contribution in [0, 0.1) is 0 Å². The molecule has 2 aromatic heterocycles. The van der Waals surface area contributed by atoms with Crippen LogP contribution in [0.5, 0.6) is 0 Å². The molecule has 0 aliphatic heterocycles. The van der Waals surface area contributed by atoms with E-state index in [1.54, 1.807) is 0 Å². The van der Waals surface area contributed by atoms with Gasteiger partial charge in [-0.15, -0.1) is 0 Å². The van der Waals surface area contributed by atoms with Crippen LogP contribution in [0.2, 0.25) is 0 Å². The Morgan fingerprint density at radius 2 is 1.00 bits per heavy atom. The number of aromatic amines is 2. The van der Waals surface area contributed by atoms with Gasteiger partial charge in [-0.3, -0.25) is 0 Å². The first-order valence-electron chi connectivity index (χ1n) is 11.1. The molecule has 3 aromatic rings. The molecule has 0 radical (unpaired) electrons. The van der Waals surface area contributed by atoms with Crippen LogP contribution >= 0.6 is 0 Å². The summed E-state index contributed by atoms with van der Waals surface area (Å²) in [5.74, 6) is 0. The summed E-state index contributed by atoms with van der Waals surface area (Å²) in [5.41, 5.74) is 4.82. The van der Waals surface area contributed by atoms with Gasteiger partial charge >= 0.3 is 0 Å². The van der Waals surface area contributed by atoms with E-state index in [-0.39, 0.29) is 24.8 Å². The van der Waals surface area contributed by atoms with Crippen molar-refractivity contribution in [2.24, 2.45) is 0 Å². The number of nitrogens with zero attached hydrogens (tertiary/aromatic N) is 2. The predicted octanol–water partition coefficient (Wildman–Crippen LogP) is -0.580. The highest BCUT2D eigenvalue weighted by Gasteiger charge is 2.11. The van der Waals surface area contributed by atoms with Crippen molar-refractivity contribution in [3.05, 3.63) is 49.3 Å². The molecule has 4 nitrogen and oxygen atoms in total. The number of imidazole rings is 2. The summed E-state index contributed by atoms with van der Waals surface area (Å²) >= 11 is 0. The number of benzene rings is 1. The average molecular weight is 451 g/mol. The Morgan fingerprint density at radius 1 is 0.600 bits per heavy atom. The monoisotopic (exact) mass is 450 g/mol. The highest BCUT2D eigenvalue weighted by atomic mass is 35.5. The zero-order chi connectivity index (χ0) is 19.6. The molecule has 0 bridgehead atoms. The van der Waals surface area contributed by atoms with E-state index < -0.39 is 0 Å². The number of hydrogen-bond acceptors (Lipinski definition) is 0. The van der Waals surface area contributed by atoms with E-state index in [2.05, 4.69) is 82.3 Å². The second-order valence-electron chi connectivity index (χ2n) is 7.81. The van der Waals surface area contributed by atoms with Crippen molar-refractivity contribution in [2.75, 3.05) is 0 Å². The molecule has 0 aliphatic carbocycles. The number of H-pyrrole nitrogens is 2. The number of nitrogens with one attached hydrogen (secondary N) is 2. The summed E-state index contributed by atoms with van der Waals surface area (Å²) in [6.45, 7) is 6.70. The van der Waals surface area contributed by atoms with Gasteiger partial charge in [-0.2, -0.15) is 0 Å². The Morgan fingerprint density at radius 3 is 1.37 bits per heavy atom. The van der Waals surface area contributed by atoms with Crippen LogP contribution in [0.25, 0.3) is 22.5 Å². The lowest BCUT2D eigenvalue weighted by Gasteiger charge is -1.98. The maximum atomic E-state index is 3.41. The molecule has 3 rings (SSSR count). The summed E-state index contributed by atoms with van der Waals surface area (Å²) in [6.07, 6.45) is 19.0. The summed E-state index contributed by atoms with van der Waals surface area (Å²) in [5, 5.41) is 0. The van der Waals surface area contributed by atoms with Crippen LogP contribution in [-0.2, 0) is 13.1 Å². The molecule has 30 heavy (non-hydrogen) atoms. The van der Waals surface area contributed by atoms with Crippen molar-refractivity contribution in [1.82, 2.24) is 9.97 Å². The molecule has 0 saturated heterocycles. The maximum Gasteiger partial charge on any atom is 0.242 e. The van der Waals surface area contributed by atoms with E-state index in [1.165, 1.54) is 73.9 Å². The smallest absolute Gasteiger partial charge is 0.242 e. The molecular weight excluding hydrogens is 415 g/mol. The molecule has 0 spiro atoms. The molecule has 6 heteroatoms. The Hall–Kier alpha value is -1.78. The van der Waals surface area contributed by atoms with Gasteiger partial charge in [-0.05, 0) is 49.9 Å². The third kappa shape index (κ3) is 7.81. The van der Waals surface area contributed by atoms with Gasteiger partial charge in [0.25, 0.3) is 0 Å². The van der Waals surface area contributed by atoms with Gasteiger partial charge in [0.2, 0.25) is 12.7 Å². The summed E-state index contributed by atoms with van der Waals surface area (Å²) < 4.78 is 4.54.